The number of rotatable bonds is 39. The van der Waals surface area contributed by atoms with Gasteiger partial charge in [0.25, 0.3) is 0 Å². The Bertz CT molecular complexity index is 702. The Hall–Kier alpha value is -0.950. The molecule has 0 bridgehead atoms. The first-order valence-corrected chi connectivity index (χ1v) is 21.6. The Balaban J connectivity index is 3.68. The topological polar surface area (TPSA) is 110 Å². The molecule has 1 amide bonds. The summed E-state index contributed by atoms with van der Waals surface area (Å²) in [4.78, 5) is 12.4. The quantitative estimate of drug-likeness (QED) is 0.0325. The van der Waals surface area contributed by atoms with Crippen LogP contribution in [-0.2, 0) is 4.79 Å². The number of amides is 1. The molecule has 0 fully saturated rings. The van der Waals surface area contributed by atoms with Crippen LogP contribution in [-0.4, -0.2) is 57.3 Å². The number of unbranched alkanes of at least 4 members (excludes halogenated alkanes) is 28. The largest absolute Gasteiger partial charge is 0.394 e. The van der Waals surface area contributed by atoms with E-state index in [0.29, 0.717) is 12.8 Å². The van der Waals surface area contributed by atoms with Crippen LogP contribution in [0.3, 0.4) is 0 Å². The summed E-state index contributed by atoms with van der Waals surface area (Å²) in [5.74, 6) is -0.595. The fraction of sp³-hybridized carbons (Fsp3) is 0.930. The smallest absolute Gasteiger partial charge is 0.249 e. The van der Waals surface area contributed by atoms with Crippen LogP contribution in [0.5, 0.6) is 0 Å². The Morgan fingerprint density at radius 2 is 0.837 bits per heavy atom. The van der Waals surface area contributed by atoms with Gasteiger partial charge in [0.2, 0.25) is 5.91 Å². The van der Waals surface area contributed by atoms with Crippen LogP contribution in [0.4, 0.5) is 0 Å². The third-order valence-electron chi connectivity index (χ3n) is 10.2. The zero-order chi connectivity index (χ0) is 36.0. The highest BCUT2D eigenvalue weighted by Gasteiger charge is 2.28. The molecule has 0 aliphatic rings. The number of aliphatic hydroxyl groups is 4. The summed E-state index contributed by atoms with van der Waals surface area (Å²) in [6.07, 6.45) is 41.2. The zero-order valence-electron chi connectivity index (χ0n) is 32.7. The maximum absolute atomic E-state index is 12.4. The van der Waals surface area contributed by atoms with Crippen molar-refractivity contribution in [2.45, 2.75) is 250 Å². The number of nitrogens with one attached hydrogen (secondary N) is 1. The van der Waals surface area contributed by atoms with Crippen LogP contribution in [0.1, 0.15) is 226 Å². The molecule has 0 saturated heterocycles. The first-order chi connectivity index (χ1) is 24.0. The van der Waals surface area contributed by atoms with E-state index in [-0.39, 0.29) is 0 Å². The minimum Gasteiger partial charge on any atom is -0.394 e. The van der Waals surface area contributed by atoms with E-state index in [0.717, 1.165) is 38.5 Å². The first-order valence-electron chi connectivity index (χ1n) is 21.6. The molecular weight excluding hydrogens is 610 g/mol. The molecule has 4 atom stereocenters. The average Bonchev–Trinajstić information content (AvgIpc) is 3.11. The van der Waals surface area contributed by atoms with Gasteiger partial charge in [0.15, 0.2) is 0 Å². The highest BCUT2D eigenvalue weighted by Crippen LogP contribution is 2.16. The standard InChI is InChI=1S/C43H85NO5/c1-3-5-7-9-11-13-14-15-16-17-18-19-20-21-22-23-24-25-26-27-29-30-32-34-36-40(46)42(48)39(38-45)44-43(49)41(47)37-35-33-31-28-12-10-8-6-4-2/h29-30,39-42,45-48H,3-28,31-38H2,1-2H3,(H,44,49)/b30-29+. The molecule has 5 N–H and O–H groups in total. The zero-order valence-corrected chi connectivity index (χ0v) is 32.7. The van der Waals surface area contributed by atoms with E-state index >= 15 is 0 Å². The van der Waals surface area contributed by atoms with Crippen molar-refractivity contribution in [2.75, 3.05) is 6.61 Å². The number of hydrogen-bond donors (Lipinski definition) is 5. The third kappa shape index (κ3) is 32.7. The van der Waals surface area contributed by atoms with Crippen LogP contribution in [0.15, 0.2) is 12.2 Å². The maximum Gasteiger partial charge on any atom is 0.249 e. The van der Waals surface area contributed by atoms with Crippen molar-refractivity contribution in [3.63, 3.8) is 0 Å². The Morgan fingerprint density at radius 3 is 1.22 bits per heavy atom. The minimum absolute atomic E-state index is 0.365. The van der Waals surface area contributed by atoms with Gasteiger partial charge in [-0.05, 0) is 38.5 Å². The van der Waals surface area contributed by atoms with Crippen molar-refractivity contribution < 1.29 is 25.2 Å². The lowest BCUT2D eigenvalue weighted by Crippen LogP contribution is -2.53. The second kappa shape index (κ2) is 38.3. The molecular formula is C43H85NO5. The van der Waals surface area contributed by atoms with Crippen LogP contribution < -0.4 is 5.32 Å². The second-order valence-electron chi connectivity index (χ2n) is 15.0. The number of hydrogen-bond acceptors (Lipinski definition) is 5. The highest BCUT2D eigenvalue weighted by molar-refractivity contribution is 5.80. The van der Waals surface area contributed by atoms with Crippen LogP contribution >= 0.6 is 0 Å². The molecule has 49 heavy (non-hydrogen) atoms. The van der Waals surface area contributed by atoms with Crippen LogP contribution in [0, 0.1) is 0 Å². The van der Waals surface area contributed by atoms with Gasteiger partial charge in [-0.2, -0.15) is 0 Å². The monoisotopic (exact) mass is 696 g/mol. The molecule has 0 aliphatic carbocycles. The van der Waals surface area contributed by atoms with Crippen molar-refractivity contribution in [1.29, 1.82) is 0 Å². The Morgan fingerprint density at radius 1 is 0.490 bits per heavy atom. The number of aliphatic hydroxyl groups excluding tert-OH is 4. The molecule has 4 unspecified atom stereocenters. The molecule has 0 radical (unpaired) electrons. The van der Waals surface area contributed by atoms with Gasteiger partial charge in [-0.25, -0.2) is 0 Å². The fourth-order valence-corrected chi connectivity index (χ4v) is 6.76. The van der Waals surface area contributed by atoms with Crippen molar-refractivity contribution in [1.82, 2.24) is 5.32 Å². The van der Waals surface area contributed by atoms with Crippen molar-refractivity contribution >= 4 is 5.91 Å². The molecule has 0 heterocycles. The van der Waals surface area contributed by atoms with Crippen LogP contribution in [0.2, 0.25) is 0 Å². The number of carbonyl (C=O) groups excluding carboxylic acids is 1. The van der Waals surface area contributed by atoms with Gasteiger partial charge < -0.3 is 25.7 Å². The fourth-order valence-electron chi connectivity index (χ4n) is 6.76. The van der Waals surface area contributed by atoms with Gasteiger partial charge in [-0.15, -0.1) is 0 Å². The van der Waals surface area contributed by atoms with Gasteiger partial charge in [0.1, 0.15) is 12.2 Å². The molecule has 0 aliphatic heterocycles. The van der Waals surface area contributed by atoms with E-state index < -0.39 is 36.9 Å². The third-order valence-corrected chi connectivity index (χ3v) is 10.2. The highest BCUT2D eigenvalue weighted by atomic mass is 16.3. The molecule has 0 aromatic rings. The maximum atomic E-state index is 12.4. The lowest BCUT2D eigenvalue weighted by Gasteiger charge is -2.27. The number of carbonyl (C=O) groups is 1. The number of allylic oxidation sites excluding steroid dienone is 2. The Kier molecular flexibility index (Phi) is 37.5. The molecule has 6 heteroatoms. The molecule has 0 aromatic carbocycles. The minimum atomic E-state index is -1.28. The van der Waals surface area contributed by atoms with Crippen molar-refractivity contribution in [3.8, 4) is 0 Å². The van der Waals surface area contributed by atoms with Crippen LogP contribution in [0.25, 0.3) is 0 Å². The van der Waals surface area contributed by atoms with Crippen molar-refractivity contribution in [3.05, 3.63) is 12.2 Å². The molecule has 0 rings (SSSR count). The second-order valence-corrected chi connectivity index (χ2v) is 15.0. The average molecular weight is 696 g/mol. The molecule has 0 saturated carbocycles. The summed E-state index contributed by atoms with van der Waals surface area (Å²) in [7, 11) is 0. The van der Waals surface area contributed by atoms with Gasteiger partial charge in [-0.1, -0.05) is 199 Å². The summed E-state index contributed by atoms with van der Waals surface area (Å²) in [6.45, 7) is 4.01. The van der Waals surface area contributed by atoms with E-state index in [1.54, 1.807) is 0 Å². The van der Waals surface area contributed by atoms with Gasteiger partial charge >= 0.3 is 0 Å². The van der Waals surface area contributed by atoms with Gasteiger partial charge in [0, 0.05) is 0 Å². The van der Waals surface area contributed by atoms with E-state index in [1.165, 1.54) is 161 Å². The molecule has 6 nitrogen and oxygen atoms in total. The summed E-state index contributed by atoms with van der Waals surface area (Å²) in [5, 5.41) is 43.4. The summed E-state index contributed by atoms with van der Waals surface area (Å²) >= 11 is 0. The summed E-state index contributed by atoms with van der Waals surface area (Å²) < 4.78 is 0. The SMILES string of the molecule is CCCCCCCCCCCCCCCCCCCCC/C=C/CCCC(O)C(O)C(CO)NC(=O)C(O)CCCCCCCCCCC. The van der Waals surface area contributed by atoms with E-state index in [9.17, 15) is 25.2 Å². The summed E-state index contributed by atoms with van der Waals surface area (Å²) in [6, 6.07) is -0.995. The molecule has 0 spiro atoms. The predicted molar refractivity (Wildman–Crippen MR) is 210 cm³/mol. The van der Waals surface area contributed by atoms with E-state index in [1.807, 2.05) is 0 Å². The van der Waals surface area contributed by atoms with Crippen molar-refractivity contribution in [2.24, 2.45) is 0 Å². The van der Waals surface area contributed by atoms with Gasteiger partial charge in [0.05, 0.1) is 18.8 Å². The molecule has 292 valence electrons. The van der Waals surface area contributed by atoms with E-state index in [2.05, 4.69) is 31.3 Å². The lowest BCUT2D eigenvalue weighted by atomic mass is 10.00. The normalized spacial score (nSPS) is 14.3. The lowest BCUT2D eigenvalue weighted by molar-refractivity contribution is -0.132. The van der Waals surface area contributed by atoms with E-state index in [4.69, 9.17) is 0 Å². The first kappa shape index (κ1) is 48.0. The van der Waals surface area contributed by atoms with Gasteiger partial charge in [-0.3, -0.25) is 4.79 Å². The summed E-state index contributed by atoms with van der Waals surface area (Å²) in [5.41, 5.74) is 0. The molecule has 0 aromatic heterocycles. The Labute approximate surface area is 304 Å². The predicted octanol–water partition coefficient (Wildman–Crippen LogP) is 11.0.